The standard InChI is InChI=1S/C24H27NO4/c1-4-5-6-13-25-21(17-9-11-18(26)12-10-17)20(23(28)24(25)29)22(27)19-14-15(2)7-8-16(19)3/h7-12,14,21,26-27H,4-6,13H2,1-3H3/b22-20+. The molecule has 1 amide bonds. The number of aromatic hydroxyl groups is 1. The molecule has 1 atom stereocenters. The Morgan fingerprint density at radius 1 is 1.03 bits per heavy atom. The van der Waals surface area contributed by atoms with Gasteiger partial charge in [0.1, 0.15) is 11.5 Å². The Balaban J connectivity index is 2.16. The third-order valence-electron chi connectivity index (χ3n) is 5.40. The van der Waals surface area contributed by atoms with E-state index in [1.54, 1.807) is 17.0 Å². The van der Waals surface area contributed by atoms with Crippen LogP contribution in [0.15, 0.2) is 48.0 Å². The van der Waals surface area contributed by atoms with Crippen LogP contribution in [0, 0.1) is 13.8 Å². The van der Waals surface area contributed by atoms with Gasteiger partial charge in [-0.3, -0.25) is 9.59 Å². The fraction of sp³-hybridized carbons (Fsp3) is 0.333. The van der Waals surface area contributed by atoms with Crippen molar-refractivity contribution in [3.8, 4) is 5.75 Å². The van der Waals surface area contributed by atoms with E-state index >= 15 is 0 Å². The molecule has 1 saturated heterocycles. The summed E-state index contributed by atoms with van der Waals surface area (Å²) in [6, 6.07) is 11.4. The molecule has 0 saturated carbocycles. The van der Waals surface area contributed by atoms with Crippen LogP contribution in [0.25, 0.3) is 5.76 Å². The zero-order chi connectivity index (χ0) is 21.1. The third kappa shape index (κ3) is 4.04. The Hall–Kier alpha value is -3.08. The lowest BCUT2D eigenvalue weighted by atomic mass is 9.93. The van der Waals surface area contributed by atoms with E-state index in [2.05, 4.69) is 6.92 Å². The van der Waals surface area contributed by atoms with E-state index in [-0.39, 0.29) is 17.1 Å². The van der Waals surface area contributed by atoms with Gasteiger partial charge >= 0.3 is 0 Å². The zero-order valence-electron chi connectivity index (χ0n) is 17.1. The highest BCUT2D eigenvalue weighted by Crippen LogP contribution is 2.40. The number of Topliss-reactive ketones (excluding diaryl/α,β-unsaturated/α-hetero) is 1. The first kappa shape index (κ1) is 20.6. The maximum Gasteiger partial charge on any atom is 0.295 e. The lowest BCUT2D eigenvalue weighted by molar-refractivity contribution is -0.139. The van der Waals surface area contributed by atoms with E-state index in [4.69, 9.17) is 0 Å². The molecule has 5 nitrogen and oxygen atoms in total. The lowest BCUT2D eigenvalue weighted by Gasteiger charge is -2.25. The topological polar surface area (TPSA) is 77.8 Å². The number of nitrogens with zero attached hydrogens (tertiary/aromatic N) is 1. The lowest BCUT2D eigenvalue weighted by Crippen LogP contribution is -2.30. The second-order valence-electron chi connectivity index (χ2n) is 7.61. The number of aliphatic hydroxyl groups is 1. The number of likely N-dealkylation sites (tertiary alicyclic amines) is 1. The molecule has 2 N–H and O–H groups in total. The highest BCUT2D eigenvalue weighted by atomic mass is 16.3. The van der Waals surface area contributed by atoms with Crippen molar-refractivity contribution in [1.29, 1.82) is 0 Å². The first-order valence-electron chi connectivity index (χ1n) is 10.00. The molecule has 29 heavy (non-hydrogen) atoms. The predicted octanol–water partition coefficient (Wildman–Crippen LogP) is 4.62. The van der Waals surface area contributed by atoms with Crippen molar-refractivity contribution in [1.82, 2.24) is 4.90 Å². The number of carbonyl (C=O) groups excluding carboxylic acids is 2. The fourth-order valence-electron chi connectivity index (χ4n) is 3.78. The van der Waals surface area contributed by atoms with Crippen LogP contribution in [0.5, 0.6) is 5.75 Å². The monoisotopic (exact) mass is 393 g/mol. The second-order valence-corrected chi connectivity index (χ2v) is 7.61. The molecule has 0 aromatic heterocycles. The summed E-state index contributed by atoms with van der Waals surface area (Å²) in [5.74, 6) is -1.31. The average molecular weight is 393 g/mol. The van der Waals surface area contributed by atoms with Crippen molar-refractivity contribution in [3.05, 3.63) is 70.3 Å². The van der Waals surface area contributed by atoms with Crippen LogP contribution in [-0.4, -0.2) is 33.3 Å². The number of phenolic OH excluding ortho intramolecular Hbond substituents is 1. The molecule has 1 unspecified atom stereocenters. The Morgan fingerprint density at radius 3 is 2.38 bits per heavy atom. The predicted molar refractivity (Wildman–Crippen MR) is 113 cm³/mol. The number of phenols is 1. The molecule has 1 heterocycles. The molecule has 1 aliphatic rings. The van der Waals surface area contributed by atoms with Gasteiger partial charge in [-0.25, -0.2) is 0 Å². The number of ketones is 1. The number of rotatable bonds is 6. The van der Waals surface area contributed by atoms with Gasteiger partial charge in [-0.05, 0) is 49.6 Å². The molecule has 2 aromatic carbocycles. The number of aliphatic hydroxyl groups excluding tert-OH is 1. The summed E-state index contributed by atoms with van der Waals surface area (Å²) < 4.78 is 0. The Labute approximate surface area is 171 Å². The zero-order valence-corrected chi connectivity index (χ0v) is 17.1. The number of carbonyl (C=O) groups is 2. The van der Waals surface area contributed by atoms with Crippen LogP contribution in [-0.2, 0) is 9.59 Å². The summed E-state index contributed by atoms with van der Waals surface area (Å²) in [5, 5.41) is 20.8. The summed E-state index contributed by atoms with van der Waals surface area (Å²) in [6.07, 6.45) is 2.72. The number of unbranched alkanes of at least 4 members (excludes halogenated alkanes) is 2. The molecule has 0 spiro atoms. The normalized spacial score (nSPS) is 18.4. The molecule has 1 aliphatic heterocycles. The van der Waals surface area contributed by atoms with Gasteiger partial charge in [-0.2, -0.15) is 0 Å². The van der Waals surface area contributed by atoms with Crippen molar-refractivity contribution < 1.29 is 19.8 Å². The van der Waals surface area contributed by atoms with Crippen molar-refractivity contribution in [2.24, 2.45) is 0 Å². The second kappa shape index (κ2) is 8.52. The van der Waals surface area contributed by atoms with E-state index in [9.17, 15) is 19.8 Å². The van der Waals surface area contributed by atoms with Crippen molar-refractivity contribution in [3.63, 3.8) is 0 Å². The first-order chi connectivity index (χ1) is 13.8. The van der Waals surface area contributed by atoms with Gasteiger partial charge in [-0.1, -0.05) is 49.6 Å². The van der Waals surface area contributed by atoms with Crippen LogP contribution in [0.1, 0.15) is 54.5 Å². The van der Waals surface area contributed by atoms with Crippen molar-refractivity contribution in [2.45, 2.75) is 46.1 Å². The molecular formula is C24H27NO4. The van der Waals surface area contributed by atoms with E-state index < -0.39 is 17.7 Å². The van der Waals surface area contributed by atoms with Crippen LogP contribution in [0.4, 0.5) is 0 Å². The van der Waals surface area contributed by atoms with Gasteiger partial charge < -0.3 is 15.1 Å². The highest BCUT2D eigenvalue weighted by Gasteiger charge is 2.45. The molecule has 5 heteroatoms. The summed E-state index contributed by atoms with van der Waals surface area (Å²) in [4.78, 5) is 27.3. The quantitative estimate of drug-likeness (QED) is 0.325. The highest BCUT2D eigenvalue weighted by molar-refractivity contribution is 6.46. The molecular weight excluding hydrogens is 366 g/mol. The Bertz CT molecular complexity index is 959. The maximum atomic E-state index is 13.0. The summed E-state index contributed by atoms with van der Waals surface area (Å²) in [7, 11) is 0. The van der Waals surface area contributed by atoms with Gasteiger partial charge in [0.2, 0.25) is 0 Å². The number of amides is 1. The molecule has 0 aliphatic carbocycles. The van der Waals surface area contributed by atoms with Gasteiger partial charge in [0.05, 0.1) is 11.6 Å². The summed E-state index contributed by atoms with van der Waals surface area (Å²) in [5.41, 5.74) is 3.13. The molecule has 3 rings (SSSR count). The molecule has 2 aromatic rings. The fourth-order valence-corrected chi connectivity index (χ4v) is 3.78. The minimum atomic E-state index is -0.674. The Kier molecular flexibility index (Phi) is 6.06. The van der Waals surface area contributed by atoms with Crippen molar-refractivity contribution >= 4 is 17.4 Å². The molecule has 0 bridgehead atoms. The number of aryl methyl sites for hydroxylation is 2. The van der Waals surface area contributed by atoms with Gasteiger partial charge in [0.25, 0.3) is 11.7 Å². The summed E-state index contributed by atoms with van der Waals surface area (Å²) in [6.45, 7) is 6.29. The largest absolute Gasteiger partial charge is 0.508 e. The van der Waals surface area contributed by atoms with E-state index in [0.717, 1.165) is 30.4 Å². The number of benzene rings is 2. The average Bonchev–Trinajstić information content (AvgIpc) is 2.95. The smallest absolute Gasteiger partial charge is 0.295 e. The number of hydrogen-bond donors (Lipinski definition) is 2. The van der Waals surface area contributed by atoms with Crippen LogP contribution in [0.2, 0.25) is 0 Å². The van der Waals surface area contributed by atoms with Gasteiger partial charge in [-0.15, -0.1) is 0 Å². The first-order valence-corrected chi connectivity index (χ1v) is 10.00. The van der Waals surface area contributed by atoms with Crippen LogP contribution < -0.4 is 0 Å². The summed E-state index contributed by atoms with van der Waals surface area (Å²) >= 11 is 0. The van der Waals surface area contributed by atoms with Crippen LogP contribution >= 0.6 is 0 Å². The van der Waals surface area contributed by atoms with E-state index in [1.807, 2.05) is 32.0 Å². The van der Waals surface area contributed by atoms with Gasteiger partial charge in [0.15, 0.2) is 0 Å². The number of hydrogen-bond acceptors (Lipinski definition) is 4. The van der Waals surface area contributed by atoms with E-state index in [0.29, 0.717) is 17.7 Å². The Morgan fingerprint density at radius 2 is 1.72 bits per heavy atom. The third-order valence-corrected chi connectivity index (χ3v) is 5.40. The van der Waals surface area contributed by atoms with Gasteiger partial charge in [0, 0.05) is 12.1 Å². The van der Waals surface area contributed by atoms with Crippen molar-refractivity contribution in [2.75, 3.05) is 6.54 Å². The SMILES string of the molecule is CCCCCN1C(=O)C(=O)/C(=C(/O)c2cc(C)ccc2C)C1c1ccc(O)cc1. The molecule has 0 radical (unpaired) electrons. The molecule has 1 fully saturated rings. The minimum absolute atomic E-state index is 0.103. The minimum Gasteiger partial charge on any atom is -0.508 e. The van der Waals surface area contributed by atoms with E-state index in [1.165, 1.54) is 12.1 Å². The van der Waals surface area contributed by atoms with Crippen LogP contribution in [0.3, 0.4) is 0 Å². The molecule has 152 valence electrons. The maximum absolute atomic E-state index is 13.0.